The molecule has 1 aliphatic carbocycles. The first-order chi connectivity index (χ1) is 18.9. The number of hydrogen-bond donors (Lipinski definition) is 1. The zero-order valence-electron chi connectivity index (χ0n) is 21.8. The van der Waals surface area contributed by atoms with Crippen LogP contribution in [0, 0.1) is 0 Å². The molecule has 0 spiro atoms. The minimum atomic E-state index is -0.875. The molecule has 1 fully saturated rings. The summed E-state index contributed by atoms with van der Waals surface area (Å²) in [5.74, 6) is -1.43. The van der Waals surface area contributed by atoms with Crippen molar-refractivity contribution in [3.63, 3.8) is 0 Å². The number of rotatable bonds is 8. The normalized spacial score (nSPS) is 21.9. The third-order valence-electron chi connectivity index (χ3n) is 7.28. The molecule has 0 radical (unpaired) electrons. The lowest BCUT2D eigenvalue weighted by molar-refractivity contribution is -0.149. The minimum absolute atomic E-state index is 0.0964. The largest absolute Gasteiger partial charge is 0.364 e. The second-order valence-electron chi connectivity index (χ2n) is 10.3. The number of primary amides is 1. The summed E-state index contributed by atoms with van der Waals surface area (Å²) in [5, 5.41) is 8.08. The molecule has 1 saturated heterocycles. The standard InChI is InChI=1S/C31H30N4O4/c1-30(2)38-27-21(18-26(28(27)39-30)35-19-25(29(32)36)33-34-35)20-37-31(22-12-6-3-7-13-22,23-14-8-4-9-15-23)24-16-10-5-11-17-24/h3-19,26-28H,20H2,1-2H3,(H2,32,36). The summed E-state index contributed by atoms with van der Waals surface area (Å²) in [6, 6.07) is 30.4. The Labute approximate surface area is 227 Å². The molecule has 3 aromatic carbocycles. The van der Waals surface area contributed by atoms with E-state index < -0.39 is 17.3 Å². The Morgan fingerprint density at radius 1 is 0.923 bits per heavy atom. The summed E-state index contributed by atoms with van der Waals surface area (Å²) < 4.78 is 21.3. The van der Waals surface area contributed by atoms with Crippen molar-refractivity contribution in [3.05, 3.63) is 131 Å². The van der Waals surface area contributed by atoms with Crippen molar-refractivity contribution in [1.82, 2.24) is 15.0 Å². The predicted octanol–water partition coefficient (Wildman–Crippen LogP) is 4.39. The highest BCUT2D eigenvalue weighted by Gasteiger charge is 2.51. The van der Waals surface area contributed by atoms with Crippen molar-refractivity contribution >= 4 is 5.91 Å². The number of carbonyl (C=O) groups is 1. The molecule has 1 aromatic heterocycles. The van der Waals surface area contributed by atoms with E-state index in [4.69, 9.17) is 19.9 Å². The van der Waals surface area contributed by atoms with Crippen LogP contribution in [0.5, 0.6) is 0 Å². The third kappa shape index (κ3) is 4.57. The second kappa shape index (κ2) is 9.89. The van der Waals surface area contributed by atoms with Crippen LogP contribution in [-0.4, -0.2) is 45.5 Å². The second-order valence-corrected chi connectivity index (χ2v) is 10.3. The molecule has 198 valence electrons. The van der Waals surface area contributed by atoms with Crippen LogP contribution in [0.15, 0.2) is 109 Å². The van der Waals surface area contributed by atoms with Gasteiger partial charge in [0.25, 0.3) is 5.91 Å². The van der Waals surface area contributed by atoms with E-state index in [0.717, 1.165) is 22.3 Å². The number of aromatic nitrogens is 3. The lowest BCUT2D eigenvalue weighted by atomic mass is 9.80. The van der Waals surface area contributed by atoms with Crippen molar-refractivity contribution in [3.8, 4) is 0 Å². The molecular formula is C31H30N4O4. The Hall–Kier alpha value is -4.11. The summed E-state index contributed by atoms with van der Waals surface area (Å²) >= 11 is 0. The summed E-state index contributed by atoms with van der Waals surface area (Å²) in [7, 11) is 0. The van der Waals surface area contributed by atoms with Gasteiger partial charge in [-0.1, -0.05) is 102 Å². The van der Waals surface area contributed by atoms with E-state index in [1.807, 2.05) is 74.5 Å². The van der Waals surface area contributed by atoms with E-state index >= 15 is 0 Å². The van der Waals surface area contributed by atoms with Gasteiger partial charge in [0.15, 0.2) is 11.5 Å². The Bertz CT molecular complexity index is 1390. The van der Waals surface area contributed by atoms with Crippen LogP contribution in [0.3, 0.4) is 0 Å². The quantitative estimate of drug-likeness (QED) is 0.272. The monoisotopic (exact) mass is 522 g/mol. The van der Waals surface area contributed by atoms with Crippen LogP contribution < -0.4 is 5.73 Å². The molecule has 0 saturated carbocycles. The fraction of sp³-hybridized carbons (Fsp3) is 0.258. The first-order valence-electron chi connectivity index (χ1n) is 13.0. The van der Waals surface area contributed by atoms with Gasteiger partial charge in [0.1, 0.15) is 23.9 Å². The van der Waals surface area contributed by atoms with Crippen molar-refractivity contribution in [1.29, 1.82) is 0 Å². The Kier molecular flexibility index (Phi) is 6.38. The van der Waals surface area contributed by atoms with Crippen LogP contribution in [-0.2, 0) is 19.8 Å². The first kappa shape index (κ1) is 25.2. The molecular weight excluding hydrogens is 492 g/mol. The highest BCUT2D eigenvalue weighted by molar-refractivity contribution is 5.90. The molecule has 3 unspecified atom stereocenters. The molecule has 8 heteroatoms. The SMILES string of the molecule is CC1(C)OC2C(COC(c3ccccc3)(c3ccccc3)c3ccccc3)=CC(n3cc(C(N)=O)nn3)C2O1. The van der Waals surface area contributed by atoms with E-state index in [2.05, 4.69) is 46.7 Å². The maximum Gasteiger partial charge on any atom is 0.270 e. The number of benzene rings is 3. The van der Waals surface area contributed by atoms with Crippen LogP contribution >= 0.6 is 0 Å². The minimum Gasteiger partial charge on any atom is -0.364 e. The Morgan fingerprint density at radius 3 is 1.95 bits per heavy atom. The summed E-state index contributed by atoms with van der Waals surface area (Å²) in [5.41, 5.74) is 8.61. The van der Waals surface area contributed by atoms with E-state index in [-0.39, 0.29) is 30.6 Å². The van der Waals surface area contributed by atoms with Crippen LogP contribution in [0.2, 0.25) is 0 Å². The van der Waals surface area contributed by atoms with E-state index in [0.29, 0.717) is 0 Å². The van der Waals surface area contributed by atoms with Gasteiger partial charge in [0, 0.05) is 0 Å². The van der Waals surface area contributed by atoms with Crippen LogP contribution in [0.25, 0.3) is 0 Å². The maximum absolute atomic E-state index is 11.7. The van der Waals surface area contributed by atoms with Gasteiger partial charge in [-0.25, -0.2) is 4.68 Å². The maximum atomic E-state index is 11.7. The van der Waals surface area contributed by atoms with Crippen molar-refractivity contribution in [2.45, 2.75) is 43.5 Å². The first-order valence-corrected chi connectivity index (χ1v) is 13.0. The van der Waals surface area contributed by atoms with Gasteiger partial charge in [-0.2, -0.15) is 0 Å². The lowest BCUT2D eigenvalue weighted by Gasteiger charge is -2.36. The molecule has 39 heavy (non-hydrogen) atoms. The van der Waals surface area contributed by atoms with E-state index in [1.54, 1.807) is 10.9 Å². The van der Waals surface area contributed by atoms with Crippen LogP contribution in [0.1, 0.15) is 47.1 Å². The number of ether oxygens (including phenoxy) is 3. The van der Waals surface area contributed by atoms with Crippen LogP contribution in [0.4, 0.5) is 0 Å². The molecule has 8 nitrogen and oxygen atoms in total. The molecule has 6 rings (SSSR count). The zero-order chi connectivity index (χ0) is 27.0. The number of amides is 1. The summed E-state index contributed by atoms with van der Waals surface area (Å²) in [6.45, 7) is 4.05. The third-order valence-corrected chi connectivity index (χ3v) is 7.28. The highest BCUT2D eigenvalue weighted by atomic mass is 16.8. The fourth-order valence-corrected chi connectivity index (χ4v) is 5.59. The van der Waals surface area contributed by atoms with Gasteiger partial charge in [-0.3, -0.25) is 4.79 Å². The molecule has 1 amide bonds. The molecule has 2 heterocycles. The zero-order valence-corrected chi connectivity index (χ0v) is 21.8. The molecule has 0 bridgehead atoms. The number of carbonyl (C=O) groups excluding carboxylic acids is 1. The van der Waals surface area contributed by atoms with Gasteiger partial charge < -0.3 is 19.9 Å². The smallest absolute Gasteiger partial charge is 0.270 e. The van der Waals surface area contributed by atoms with E-state index in [1.165, 1.54) is 0 Å². The van der Waals surface area contributed by atoms with E-state index in [9.17, 15) is 4.79 Å². The van der Waals surface area contributed by atoms with Gasteiger partial charge in [-0.15, -0.1) is 5.10 Å². The summed E-state index contributed by atoms with van der Waals surface area (Å²) in [6.07, 6.45) is 2.86. The molecule has 4 aromatic rings. The molecule has 1 aliphatic heterocycles. The van der Waals surface area contributed by atoms with Crippen molar-refractivity contribution in [2.24, 2.45) is 5.73 Å². The Morgan fingerprint density at radius 2 is 1.46 bits per heavy atom. The highest BCUT2D eigenvalue weighted by Crippen LogP contribution is 2.45. The fourth-order valence-electron chi connectivity index (χ4n) is 5.59. The average Bonchev–Trinajstić information content (AvgIpc) is 3.65. The number of nitrogens with zero attached hydrogens (tertiary/aromatic N) is 3. The van der Waals surface area contributed by atoms with Gasteiger partial charge >= 0.3 is 0 Å². The van der Waals surface area contributed by atoms with Gasteiger partial charge in [0.2, 0.25) is 0 Å². The van der Waals surface area contributed by atoms with Crippen molar-refractivity contribution in [2.75, 3.05) is 6.61 Å². The Balaban J connectivity index is 1.42. The summed E-state index contributed by atoms with van der Waals surface area (Å²) in [4.78, 5) is 11.7. The average molecular weight is 523 g/mol. The predicted molar refractivity (Wildman–Crippen MR) is 145 cm³/mol. The lowest BCUT2D eigenvalue weighted by Crippen LogP contribution is -2.35. The molecule has 2 N–H and O–H groups in total. The van der Waals surface area contributed by atoms with Crippen molar-refractivity contribution < 1.29 is 19.0 Å². The number of nitrogens with two attached hydrogens (primary N) is 1. The number of fused-ring (bicyclic) bond motifs is 1. The van der Waals surface area contributed by atoms with Gasteiger partial charge in [0.05, 0.1) is 12.8 Å². The molecule has 2 aliphatic rings. The topological polar surface area (TPSA) is 101 Å². The number of hydrogen-bond acceptors (Lipinski definition) is 6. The van der Waals surface area contributed by atoms with Gasteiger partial charge in [-0.05, 0) is 36.1 Å². The molecule has 3 atom stereocenters.